The molecule has 2 aromatic heterocycles. The second kappa shape index (κ2) is 4.16. The van der Waals surface area contributed by atoms with E-state index < -0.39 is 10.0 Å². The van der Waals surface area contributed by atoms with Crippen LogP contribution in [0.5, 0.6) is 11.5 Å². The van der Waals surface area contributed by atoms with E-state index in [1.165, 1.54) is 22.8 Å². The lowest BCUT2D eigenvalue weighted by Gasteiger charge is -1.99. The molecule has 0 amide bonds. The zero-order valence-corrected chi connectivity index (χ0v) is 11.4. The topological polar surface area (TPSA) is 131 Å². The quantitative estimate of drug-likeness (QED) is 0.591. The van der Waals surface area contributed by atoms with Crippen molar-refractivity contribution in [1.29, 1.82) is 0 Å². The summed E-state index contributed by atoms with van der Waals surface area (Å²) in [4.78, 5) is 4.55. The van der Waals surface area contributed by atoms with E-state index in [1.54, 1.807) is 6.07 Å². The van der Waals surface area contributed by atoms with E-state index in [0.717, 1.165) is 11.3 Å². The third-order valence-corrected chi connectivity index (χ3v) is 4.77. The molecule has 0 aliphatic heterocycles. The number of fused-ring (bicyclic) bond motifs is 1. The number of hydrogen-bond donors (Lipinski definition) is 3. The van der Waals surface area contributed by atoms with Crippen molar-refractivity contribution >= 4 is 26.3 Å². The van der Waals surface area contributed by atoms with Crippen molar-refractivity contribution < 1.29 is 18.6 Å². The zero-order chi connectivity index (χ0) is 14.5. The van der Waals surface area contributed by atoms with E-state index >= 15 is 0 Å². The third-order valence-electron chi connectivity index (χ3n) is 2.54. The molecule has 0 aliphatic carbocycles. The predicted octanol–water partition coefficient (Wildman–Crippen LogP) is 0.516. The van der Waals surface area contributed by atoms with Gasteiger partial charge in [0, 0.05) is 5.56 Å². The van der Waals surface area contributed by atoms with Gasteiger partial charge in [0.1, 0.15) is 0 Å². The molecule has 0 saturated carbocycles. The summed E-state index contributed by atoms with van der Waals surface area (Å²) in [6.07, 6.45) is 1.51. The monoisotopic (exact) mass is 312 g/mol. The summed E-state index contributed by atoms with van der Waals surface area (Å²) in [6.45, 7) is 0. The molecule has 10 heteroatoms. The minimum absolute atomic E-state index is 0.222. The molecule has 0 unspecified atom stereocenters. The average molecular weight is 312 g/mol. The highest BCUT2D eigenvalue weighted by molar-refractivity contribution is 7.91. The fourth-order valence-electron chi connectivity index (χ4n) is 1.62. The molecule has 0 saturated heterocycles. The smallest absolute Gasteiger partial charge is 0.267 e. The summed E-state index contributed by atoms with van der Waals surface area (Å²) in [5.74, 6) is -0.499. The Morgan fingerprint density at radius 1 is 1.25 bits per heavy atom. The Labute approximate surface area is 116 Å². The van der Waals surface area contributed by atoms with Gasteiger partial charge in [-0.2, -0.15) is 0 Å². The molecular weight excluding hydrogens is 304 g/mol. The fourth-order valence-corrected chi connectivity index (χ4v) is 3.12. The summed E-state index contributed by atoms with van der Waals surface area (Å²) in [6, 6.07) is 4.26. The number of benzene rings is 1. The summed E-state index contributed by atoms with van der Waals surface area (Å²) >= 11 is 0.843. The lowest BCUT2D eigenvalue weighted by Crippen LogP contribution is -2.12. The Hall–Kier alpha value is -2.17. The maximum absolute atomic E-state index is 11.2. The highest BCUT2D eigenvalue weighted by Crippen LogP contribution is 2.31. The normalized spacial score (nSPS) is 12.1. The Kier molecular flexibility index (Phi) is 2.67. The number of phenols is 2. The first kappa shape index (κ1) is 12.8. The van der Waals surface area contributed by atoms with E-state index in [-0.39, 0.29) is 15.8 Å². The standard InChI is InChI=1S/C10H8N4O4S2/c11-20(17,18)10-13-14-4-6(12-9(14)19-10)5-1-2-7(15)8(16)3-5/h1-4,15-16H,(H2,11,17,18). The molecule has 0 spiro atoms. The Morgan fingerprint density at radius 3 is 2.60 bits per heavy atom. The number of rotatable bonds is 2. The number of aromatic hydroxyl groups is 2. The molecule has 3 rings (SSSR count). The number of primary sulfonamides is 1. The lowest BCUT2D eigenvalue weighted by molar-refractivity contribution is 0.404. The van der Waals surface area contributed by atoms with Crippen LogP contribution in [-0.2, 0) is 10.0 Å². The van der Waals surface area contributed by atoms with Gasteiger partial charge < -0.3 is 10.2 Å². The number of nitrogens with two attached hydrogens (primary N) is 1. The molecule has 0 radical (unpaired) electrons. The molecule has 0 fully saturated rings. The van der Waals surface area contributed by atoms with E-state index in [9.17, 15) is 18.6 Å². The van der Waals surface area contributed by atoms with Crippen LogP contribution in [0, 0.1) is 0 Å². The van der Waals surface area contributed by atoms with Crippen molar-refractivity contribution in [3.05, 3.63) is 24.4 Å². The first-order chi connectivity index (χ1) is 9.34. The molecule has 0 atom stereocenters. The van der Waals surface area contributed by atoms with Gasteiger partial charge in [-0.25, -0.2) is 23.1 Å². The summed E-state index contributed by atoms with van der Waals surface area (Å²) < 4.78 is 23.4. The van der Waals surface area contributed by atoms with Gasteiger partial charge in [0.05, 0.1) is 11.9 Å². The average Bonchev–Trinajstić information content (AvgIpc) is 2.89. The van der Waals surface area contributed by atoms with Crippen LogP contribution in [0.1, 0.15) is 0 Å². The maximum Gasteiger partial charge on any atom is 0.267 e. The van der Waals surface area contributed by atoms with Gasteiger partial charge in [0.15, 0.2) is 11.5 Å². The molecule has 1 aromatic carbocycles. The van der Waals surface area contributed by atoms with Crippen LogP contribution in [0.3, 0.4) is 0 Å². The van der Waals surface area contributed by atoms with Gasteiger partial charge in [-0.15, -0.1) is 5.10 Å². The van der Waals surface area contributed by atoms with E-state index in [1.807, 2.05) is 0 Å². The summed E-state index contributed by atoms with van der Waals surface area (Å²) in [5, 5.41) is 27.5. The van der Waals surface area contributed by atoms with Crippen molar-refractivity contribution in [1.82, 2.24) is 14.6 Å². The molecule has 8 nitrogen and oxygen atoms in total. The van der Waals surface area contributed by atoms with Crippen LogP contribution < -0.4 is 5.14 Å². The number of nitrogens with zero attached hydrogens (tertiary/aromatic N) is 3. The summed E-state index contributed by atoms with van der Waals surface area (Å²) in [7, 11) is -3.85. The van der Waals surface area contributed by atoms with Crippen molar-refractivity contribution in [2.45, 2.75) is 4.34 Å². The first-order valence-electron chi connectivity index (χ1n) is 5.26. The largest absolute Gasteiger partial charge is 0.504 e. The molecular formula is C10H8N4O4S2. The number of phenolic OH excluding ortho intramolecular Hbond substituents is 2. The van der Waals surface area contributed by atoms with Gasteiger partial charge in [-0.3, -0.25) is 0 Å². The van der Waals surface area contributed by atoms with E-state index in [0.29, 0.717) is 16.2 Å². The third kappa shape index (κ3) is 2.09. The number of aromatic nitrogens is 3. The Bertz CT molecular complexity index is 881. The molecule has 0 aliphatic rings. The van der Waals surface area contributed by atoms with Gasteiger partial charge >= 0.3 is 0 Å². The van der Waals surface area contributed by atoms with Gasteiger partial charge in [0.2, 0.25) is 9.30 Å². The minimum atomic E-state index is -3.85. The second-order valence-corrected chi connectivity index (χ2v) is 6.66. The predicted molar refractivity (Wildman–Crippen MR) is 71.0 cm³/mol. The zero-order valence-electron chi connectivity index (χ0n) is 9.76. The van der Waals surface area contributed by atoms with E-state index in [2.05, 4.69) is 10.1 Å². The molecule has 4 N–H and O–H groups in total. The Balaban J connectivity index is 2.10. The highest BCUT2D eigenvalue weighted by atomic mass is 32.2. The van der Waals surface area contributed by atoms with Crippen molar-refractivity contribution in [2.75, 3.05) is 0 Å². The second-order valence-electron chi connectivity index (χ2n) is 3.97. The van der Waals surface area contributed by atoms with Crippen LogP contribution in [0.2, 0.25) is 0 Å². The molecule has 104 valence electrons. The van der Waals surface area contributed by atoms with Gasteiger partial charge in [0.25, 0.3) is 10.0 Å². The summed E-state index contributed by atoms with van der Waals surface area (Å²) in [5.41, 5.74) is 1.05. The van der Waals surface area contributed by atoms with Gasteiger partial charge in [-0.1, -0.05) is 11.3 Å². The minimum Gasteiger partial charge on any atom is -0.504 e. The Morgan fingerprint density at radius 2 is 2.00 bits per heavy atom. The van der Waals surface area contributed by atoms with Crippen molar-refractivity contribution in [3.63, 3.8) is 0 Å². The van der Waals surface area contributed by atoms with Crippen LogP contribution in [-0.4, -0.2) is 33.2 Å². The number of imidazole rings is 1. The van der Waals surface area contributed by atoms with Crippen molar-refractivity contribution in [2.24, 2.45) is 5.14 Å². The highest BCUT2D eigenvalue weighted by Gasteiger charge is 2.17. The number of sulfonamides is 1. The SMILES string of the molecule is NS(=O)(=O)c1nn2cc(-c3ccc(O)c(O)c3)nc2s1. The van der Waals surface area contributed by atoms with Crippen LogP contribution in [0.4, 0.5) is 0 Å². The maximum atomic E-state index is 11.2. The number of hydrogen-bond acceptors (Lipinski definition) is 7. The first-order valence-corrected chi connectivity index (χ1v) is 7.62. The lowest BCUT2D eigenvalue weighted by atomic mass is 10.1. The van der Waals surface area contributed by atoms with Crippen LogP contribution >= 0.6 is 11.3 Å². The fraction of sp³-hybridized carbons (Fsp3) is 0. The molecule has 20 heavy (non-hydrogen) atoms. The molecule has 3 aromatic rings. The molecule has 2 heterocycles. The van der Waals surface area contributed by atoms with Gasteiger partial charge in [-0.05, 0) is 18.2 Å². The van der Waals surface area contributed by atoms with Crippen LogP contribution in [0.25, 0.3) is 16.2 Å². The van der Waals surface area contributed by atoms with Crippen LogP contribution in [0.15, 0.2) is 28.7 Å². The van der Waals surface area contributed by atoms with Crippen molar-refractivity contribution in [3.8, 4) is 22.8 Å². The van der Waals surface area contributed by atoms with E-state index in [4.69, 9.17) is 5.14 Å². The molecule has 0 bridgehead atoms.